The second-order valence-corrected chi connectivity index (χ2v) is 3.94. The zero-order valence-electron chi connectivity index (χ0n) is 7.10. The molecular weight excluding hydrogens is 236 g/mol. The molecule has 0 aromatic rings. The third-order valence-corrected chi connectivity index (χ3v) is 3.51. The standard InChI is InChI=1S/C7H17BIN/c1-3-6(7(8)10)5(2)4-9/h5-7H,3-4,8,10H2,1-2H3. The van der Waals surface area contributed by atoms with E-state index in [9.17, 15) is 0 Å². The minimum Gasteiger partial charge on any atom is -0.335 e. The molecule has 1 nitrogen and oxygen atoms in total. The van der Waals surface area contributed by atoms with Crippen molar-refractivity contribution in [3.63, 3.8) is 0 Å². The molecule has 0 heterocycles. The van der Waals surface area contributed by atoms with E-state index in [0.29, 0.717) is 11.9 Å². The van der Waals surface area contributed by atoms with Gasteiger partial charge in [0.05, 0.1) is 0 Å². The van der Waals surface area contributed by atoms with E-state index in [1.807, 2.05) is 0 Å². The van der Waals surface area contributed by atoms with Crippen LogP contribution in [0.2, 0.25) is 0 Å². The quantitative estimate of drug-likeness (QED) is 0.451. The minimum atomic E-state index is 0.356. The number of hydrogen-bond acceptors (Lipinski definition) is 1. The molecule has 0 aromatic carbocycles. The molecule has 0 aliphatic heterocycles. The van der Waals surface area contributed by atoms with Crippen molar-refractivity contribution in [3.8, 4) is 0 Å². The van der Waals surface area contributed by atoms with Crippen molar-refractivity contribution in [3.05, 3.63) is 0 Å². The topological polar surface area (TPSA) is 26.0 Å². The van der Waals surface area contributed by atoms with Crippen LogP contribution in [0.1, 0.15) is 20.3 Å². The Morgan fingerprint density at radius 1 is 1.60 bits per heavy atom. The molecule has 0 spiro atoms. The van der Waals surface area contributed by atoms with E-state index >= 15 is 0 Å². The van der Waals surface area contributed by atoms with Gasteiger partial charge in [-0.1, -0.05) is 42.9 Å². The lowest BCUT2D eigenvalue weighted by Gasteiger charge is -2.24. The van der Waals surface area contributed by atoms with Crippen LogP contribution in [0.25, 0.3) is 0 Å². The maximum absolute atomic E-state index is 5.82. The lowest BCUT2D eigenvalue weighted by atomic mass is 9.77. The second-order valence-electron chi connectivity index (χ2n) is 3.06. The fourth-order valence-electron chi connectivity index (χ4n) is 1.41. The van der Waals surface area contributed by atoms with Crippen molar-refractivity contribution in [2.75, 3.05) is 4.43 Å². The van der Waals surface area contributed by atoms with Gasteiger partial charge in [0, 0.05) is 4.43 Å². The number of nitrogens with two attached hydrogens (primary N) is 1. The Labute approximate surface area is 78.7 Å². The van der Waals surface area contributed by atoms with Crippen molar-refractivity contribution < 1.29 is 0 Å². The van der Waals surface area contributed by atoms with Gasteiger partial charge in [-0.25, -0.2) is 0 Å². The average molecular weight is 253 g/mol. The summed E-state index contributed by atoms with van der Waals surface area (Å²) in [5.41, 5.74) is 5.82. The van der Waals surface area contributed by atoms with E-state index in [1.54, 1.807) is 0 Å². The summed E-state index contributed by atoms with van der Waals surface area (Å²) in [6, 6.07) is 0. The first-order chi connectivity index (χ1) is 4.63. The third kappa shape index (κ3) is 3.24. The van der Waals surface area contributed by atoms with Crippen LogP contribution in [0.3, 0.4) is 0 Å². The van der Waals surface area contributed by atoms with Crippen LogP contribution in [0, 0.1) is 11.8 Å². The Morgan fingerprint density at radius 2 is 2.10 bits per heavy atom. The first-order valence-corrected chi connectivity index (χ1v) is 5.47. The van der Waals surface area contributed by atoms with Gasteiger partial charge in [-0.05, 0) is 17.8 Å². The van der Waals surface area contributed by atoms with Crippen molar-refractivity contribution in [1.29, 1.82) is 0 Å². The highest BCUT2D eigenvalue weighted by atomic mass is 127. The predicted octanol–water partition coefficient (Wildman–Crippen LogP) is 1.00. The van der Waals surface area contributed by atoms with Crippen LogP contribution in [0.4, 0.5) is 0 Å². The largest absolute Gasteiger partial charge is 0.335 e. The molecule has 60 valence electrons. The van der Waals surface area contributed by atoms with Gasteiger partial charge in [-0.2, -0.15) is 0 Å². The molecule has 3 heteroatoms. The Morgan fingerprint density at radius 3 is 2.20 bits per heavy atom. The highest BCUT2D eigenvalue weighted by Gasteiger charge is 2.17. The zero-order chi connectivity index (χ0) is 8.15. The maximum Gasteiger partial charge on any atom is 0.123 e. The number of rotatable bonds is 4. The van der Waals surface area contributed by atoms with E-state index in [0.717, 1.165) is 5.92 Å². The van der Waals surface area contributed by atoms with Crippen molar-refractivity contribution in [1.82, 2.24) is 0 Å². The van der Waals surface area contributed by atoms with Crippen LogP contribution in [-0.4, -0.2) is 18.2 Å². The Bertz CT molecular complexity index is 87.7. The molecule has 3 unspecified atom stereocenters. The average Bonchev–Trinajstić information content (AvgIpc) is 1.88. The molecule has 0 radical (unpaired) electrons. The first-order valence-electron chi connectivity index (χ1n) is 3.95. The second kappa shape index (κ2) is 5.41. The molecule has 0 saturated heterocycles. The van der Waals surface area contributed by atoms with Gasteiger partial charge in [0.1, 0.15) is 7.85 Å². The molecule has 0 amide bonds. The number of hydrogen-bond donors (Lipinski definition) is 1. The van der Waals surface area contributed by atoms with Crippen LogP contribution >= 0.6 is 22.6 Å². The van der Waals surface area contributed by atoms with Crippen molar-refractivity contribution in [2.24, 2.45) is 17.6 Å². The lowest BCUT2D eigenvalue weighted by Crippen LogP contribution is -2.34. The molecule has 0 rings (SSSR count). The Kier molecular flexibility index (Phi) is 5.82. The summed E-state index contributed by atoms with van der Waals surface area (Å²) in [5, 5.41) is 0. The van der Waals surface area contributed by atoms with Gasteiger partial charge in [-0.3, -0.25) is 0 Å². The maximum atomic E-state index is 5.82. The van der Waals surface area contributed by atoms with Gasteiger partial charge in [0.2, 0.25) is 0 Å². The molecule has 2 N–H and O–H groups in total. The summed E-state index contributed by atoms with van der Waals surface area (Å²) >= 11 is 2.43. The van der Waals surface area contributed by atoms with E-state index in [2.05, 4.69) is 44.3 Å². The summed E-state index contributed by atoms with van der Waals surface area (Å²) in [6.45, 7) is 4.50. The first kappa shape index (κ1) is 10.8. The number of alkyl halides is 1. The summed E-state index contributed by atoms with van der Waals surface area (Å²) in [6.07, 6.45) is 1.21. The molecule has 0 aliphatic carbocycles. The Hall–Kier alpha value is 0.755. The molecular formula is C7H17BIN. The predicted molar refractivity (Wildman–Crippen MR) is 58.4 cm³/mol. The highest BCUT2D eigenvalue weighted by molar-refractivity contribution is 14.1. The summed E-state index contributed by atoms with van der Waals surface area (Å²) in [7, 11) is 2.11. The zero-order valence-corrected chi connectivity index (χ0v) is 9.26. The lowest BCUT2D eigenvalue weighted by molar-refractivity contribution is 0.369. The van der Waals surface area contributed by atoms with Gasteiger partial charge < -0.3 is 5.73 Å². The SMILES string of the molecule is BC(N)C(CC)C(C)CI. The molecule has 10 heavy (non-hydrogen) atoms. The van der Waals surface area contributed by atoms with Gasteiger partial charge in [0.15, 0.2) is 0 Å². The summed E-state index contributed by atoms with van der Waals surface area (Å²) in [4.78, 5) is 0. The monoisotopic (exact) mass is 253 g/mol. The summed E-state index contributed by atoms with van der Waals surface area (Å²) < 4.78 is 1.22. The smallest absolute Gasteiger partial charge is 0.123 e. The highest BCUT2D eigenvalue weighted by Crippen LogP contribution is 2.18. The van der Waals surface area contributed by atoms with E-state index in [4.69, 9.17) is 5.73 Å². The Balaban J connectivity index is 3.80. The van der Waals surface area contributed by atoms with Gasteiger partial charge in [-0.15, -0.1) is 0 Å². The van der Waals surface area contributed by atoms with Crippen LogP contribution in [-0.2, 0) is 0 Å². The molecule has 0 fully saturated rings. The molecule has 0 bridgehead atoms. The van der Waals surface area contributed by atoms with Crippen molar-refractivity contribution in [2.45, 2.75) is 26.2 Å². The fraction of sp³-hybridized carbons (Fsp3) is 1.00. The molecule has 0 aliphatic rings. The van der Waals surface area contributed by atoms with E-state index in [-0.39, 0.29) is 0 Å². The fourth-order valence-corrected chi connectivity index (χ4v) is 2.06. The normalized spacial score (nSPS) is 20.0. The molecule has 0 aromatic heterocycles. The third-order valence-electron chi connectivity index (χ3n) is 2.12. The molecule has 0 saturated carbocycles. The van der Waals surface area contributed by atoms with Gasteiger partial charge in [0.25, 0.3) is 0 Å². The van der Waals surface area contributed by atoms with Crippen LogP contribution < -0.4 is 5.73 Å². The van der Waals surface area contributed by atoms with Crippen LogP contribution in [0.15, 0.2) is 0 Å². The number of halogens is 1. The molecule has 3 atom stereocenters. The van der Waals surface area contributed by atoms with Crippen molar-refractivity contribution >= 4 is 30.4 Å². The summed E-state index contributed by atoms with van der Waals surface area (Å²) in [5.74, 6) is 1.83. The van der Waals surface area contributed by atoms with Gasteiger partial charge >= 0.3 is 0 Å². The van der Waals surface area contributed by atoms with E-state index < -0.39 is 0 Å². The van der Waals surface area contributed by atoms with Crippen LogP contribution in [0.5, 0.6) is 0 Å². The van der Waals surface area contributed by atoms with E-state index in [1.165, 1.54) is 10.8 Å². The minimum absolute atomic E-state index is 0.356.